The molecule has 1 aliphatic rings. The first-order chi connectivity index (χ1) is 13.7. The van der Waals surface area contributed by atoms with Crippen LogP contribution < -0.4 is 14.8 Å². The Morgan fingerprint density at radius 1 is 1.18 bits per heavy atom. The Balaban J connectivity index is 1.62. The van der Waals surface area contributed by atoms with Crippen molar-refractivity contribution < 1.29 is 9.47 Å². The van der Waals surface area contributed by atoms with Crippen molar-refractivity contribution in [1.82, 2.24) is 14.4 Å². The molecule has 6 nitrogen and oxygen atoms in total. The first-order valence-corrected chi connectivity index (χ1v) is 10.5. The minimum absolute atomic E-state index is 0.518. The van der Waals surface area contributed by atoms with Gasteiger partial charge in [0.25, 0.3) is 0 Å². The second kappa shape index (κ2) is 8.39. The molecule has 0 spiro atoms. The highest BCUT2D eigenvalue weighted by Gasteiger charge is 2.23. The Hall–Kier alpha value is -2.28. The van der Waals surface area contributed by atoms with Gasteiger partial charge in [-0.05, 0) is 40.9 Å². The van der Waals surface area contributed by atoms with Gasteiger partial charge in [-0.25, -0.2) is 9.97 Å². The largest absolute Gasteiger partial charge is 0.497 e. The summed E-state index contributed by atoms with van der Waals surface area (Å²) in [6.07, 6.45) is 10.2. The van der Waals surface area contributed by atoms with Crippen molar-refractivity contribution in [2.24, 2.45) is 0 Å². The number of imidazole rings is 1. The number of methoxy groups -OCH3 is 2. The summed E-state index contributed by atoms with van der Waals surface area (Å²) in [6, 6.07) is 5.83. The van der Waals surface area contributed by atoms with Gasteiger partial charge in [0, 0.05) is 36.5 Å². The van der Waals surface area contributed by atoms with Crippen LogP contribution in [-0.4, -0.2) is 28.6 Å². The highest BCUT2D eigenvalue weighted by Crippen LogP contribution is 2.35. The summed E-state index contributed by atoms with van der Waals surface area (Å²) in [4.78, 5) is 9.41. The predicted molar refractivity (Wildman–Crippen MR) is 113 cm³/mol. The monoisotopic (exact) mass is 444 g/mol. The van der Waals surface area contributed by atoms with Gasteiger partial charge >= 0.3 is 0 Å². The Morgan fingerprint density at radius 2 is 2.00 bits per heavy atom. The number of hydrogen-bond donors (Lipinski definition) is 1. The molecule has 1 aliphatic carbocycles. The first-order valence-electron chi connectivity index (χ1n) is 9.68. The van der Waals surface area contributed by atoms with Crippen LogP contribution >= 0.6 is 15.9 Å². The molecule has 2 heterocycles. The van der Waals surface area contributed by atoms with Gasteiger partial charge in [0.15, 0.2) is 5.82 Å². The van der Waals surface area contributed by atoms with E-state index >= 15 is 0 Å². The van der Waals surface area contributed by atoms with Crippen LogP contribution in [0.5, 0.6) is 11.5 Å². The Kier molecular flexibility index (Phi) is 5.71. The van der Waals surface area contributed by atoms with Crippen molar-refractivity contribution >= 4 is 27.3 Å². The van der Waals surface area contributed by atoms with E-state index in [0.717, 1.165) is 38.8 Å². The maximum absolute atomic E-state index is 5.50. The molecule has 1 aromatic carbocycles. The van der Waals surface area contributed by atoms with Crippen LogP contribution in [-0.2, 0) is 6.54 Å². The van der Waals surface area contributed by atoms with Gasteiger partial charge in [-0.3, -0.25) is 4.40 Å². The molecular weight excluding hydrogens is 420 g/mol. The van der Waals surface area contributed by atoms with Crippen LogP contribution in [0.1, 0.15) is 49.4 Å². The van der Waals surface area contributed by atoms with Crippen molar-refractivity contribution in [2.45, 2.75) is 44.6 Å². The molecule has 0 atom stereocenters. The van der Waals surface area contributed by atoms with E-state index in [-0.39, 0.29) is 0 Å². The van der Waals surface area contributed by atoms with Crippen LogP contribution in [0.4, 0.5) is 5.82 Å². The fraction of sp³-hybridized carbons (Fsp3) is 0.429. The van der Waals surface area contributed by atoms with Gasteiger partial charge < -0.3 is 14.8 Å². The first kappa shape index (κ1) is 19.1. The molecule has 1 saturated carbocycles. The third-order valence-electron chi connectivity index (χ3n) is 5.45. The minimum atomic E-state index is 0.518. The number of halogens is 1. The summed E-state index contributed by atoms with van der Waals surface area (Å²) >= 11 is 3.66. The minimum Gasteiger partial charge on any atom is -0.497 e. The maximum atomic E-state index is 5.50. The lowest BCUT2D eigenvalue weighted by Gasteiger charge is -2.20. The van der Waals surface area contributed by atoms with Crippen molar-refractivity contribution in [1.29, 1.82) is 0 Å². The zero-order chi connectivity index (χ0) is 19.5. The molecule has 28 heavy (non-hydrogen) atoms. The average Bonchev–Trinajstić information content (AvgIpc) is 3.10. The molecule has 1 N–H and O–H groups in total. The number of nitrogens with one attached hydrogen (secondary N) is 1. The van der Waals surface area contributed by atoms with E-state index in [2.05, 4.69) is 30.6 Å². The maximum Gasteiger partial charge on any atom is 0.153 e. The van der Waals surface area contributed by atoms with E-state index in [9.17, 15) is 0 Å². The number of ether oxygens (including phenoxy) is 2. The zero-order valence-corrected chi connectivity index (χ0v) is 17.8. The SMILES string of the molecule is COc1ccc(CNc2nccn3c(C4CCCCC4)nc(Br)c23)c(OC)c1. The molecule has 0 amide bonds. The summed E-state index contributed by atoms with van der Waals surface area (Å²) in [7, 11) is 3.32. The number of benzene rings is 1. The van der Waals surface area contributed by atoms with Crippen LogP contribution in [0.3, 0.4) is 0 Å². The highest BCUT2D eigenvalue weighted by molar-refractivity contribution is 9.10. The van der Waals surface area contributed by atoms with Crippen LogP contribution in [0.15, 0.2) is 35.2 Å². The third-order valence-corrected chi connectivity index (χ3v) is 6.00. The fourth-order valence-corrected chi connectivity index (χ4v) is 4.54. The summed E-state index contributed by atoms with van der Waals surface area (Å²) in [5.74, 6) is 4.02. The molecule has 0 saturated heterocycles. The van der Waals surface area contributed by atoms with E-state index in [4.69, 9.17) is 14.5 Å². The predicted octanol–water partition coefficient (Wildman–Crippen LogP) is 5.17. The standard InChI is InChI=1S/C21H25BrN4O2/c1-27-16-9-8-15(17(12-16)28-2)13-24-20-18-19(22)25-21(26(18)11-10-23-20)14-6-4-3-5-7-14/h8-12,14H,3-7,13H2,1-2H3,(H,23,24). The lowest BCUT2D eigenvalue weighted by atomic mass is 9.89. The fourth-order valence-electron chi connectivity index (χ4n) is 3.97. The topological polar surface area (TPSA) is 60.7 Å². The van der Waals surface area contributed by atoms with Crippen LogP contribution in [0.25, 0.3) is 5.52 Å². The van der Waals surface area contributed by atoms with Crippen molar-refractivity contribution in [3.63, 3.8) is 0 Å². The van der Waals surface area contributed by atoms with Gasteiger partial charge in [0.05, 0.1) is 14.2 Å². The van der Waals surface area contributed by atoms with Gasteiger partial charge in [-0.1, -0.05) is 19.3 Å². The van der Waals surface area contributed by atoms with Crippen molar-refractivity contribution in [3.8, 4) is 11.5 Å². The Labute approximate surface area is 173 Å². The second-order valence-electron chi connectivity index (χ2n) is 7.12. The van der Waals surface area contributed by atoms with E-state index in [1.165, 1.54) is 32.1 Å². The molecule has 3 aromatic rings. The number of hydrogen-bond acceptors (Lipinski definition) is 5. The van der Waals surface area contributed by atoms with Gasteiger partial charge in [0.2, 0.25) is 0 Å². The summed E-state index contributed by atoms with van der Waals surface area (Å²) in [5, 5.41) is 3.45. The van der Waals surface area contributed by atoms with Gasteiger partial charge in [-0.2, -0.15) is 0 Å². The van der Waals surface area contributed by atoms with Crippen molar-refractivity contribution in [2.75, 3.05) is 19.5 Å². The van der Waals surface area contributed by atoms with E-state index in [1.807, 2.05) is 30.6 Å². The zero-order valence-electron chi connectivity index (χ0n) is 16.2. The third kappa shape index (κ3) is 3.68. The average molecular weight is 445 g/mol. The summed E-state index contributed by atoms with van der Waals surface area (Å²) < 4.78 is 13.8. The second-order valence-corrected chi connectivity index (χ2v) is 7.87. The molecule has 7 heteroatoms. The Bertz CT molecular complexity index is 966. The van der Waals surface area contributed by atoms with E-state index in [1.54, 1.807) is 14.2 Å². The number of anilines is 1. The molecule has 4 rings (SSSR count). The molecule has 0 bridgehead atoms. The van der Waals surface area contributed by atoms with Crippen LogP contribution in [0, 0.1) is 0 Å². The van der Waals surface area contributed by atoms with Crippen LogP contribution in [0.2, 0.25) is 0 Å². The molecule has 148 valence electrons. The highest BCUT2D eigenvalue weighted by atomic mass is 79.9. The summed E-state index contributed by atoms with van der Waals surface area (Å²) in [5.41, 5.74) is 2.02. The lowest BCUT2D eigenvalue weighted by molar-refractivity contribution is 0.391. The van der Waals surface area contributed by atoms with E-state index in [0.29, 0.717) is 12.5 Å². The lowest BCUT2D eigenvalue weighted by Crippen LogP contribution is -2.09. The molecule has 0 unspecified atom stereocenters. The number of nitrogens with zero attached hydrogens (tertiary/aromatic N) is 3. The molecule has 0 aliphatic heterocycles. The van der Waals surface area contributed by atoms with Crippen molar-refractivity contribution in [3.05, 3.63) is 46.6 Å². The summed E-state index contributed by atoms with van der Waals surface area (Å²) in [6.45, 7) is 0.593. The number of aromatic nitrogens is 3. The number of fused-ring (bicyclic) bond motifs is 1. The normalized spacial score (nSPS) is 15.0. The molecule has 0 radical (unpaired) electrons. The molecule has 2 aromatic heterocycles. The Morgan fingerprint density at radius 3 is 2.75 bits per heavy atom. The smallest absolute Gasteiger partial charge is 0.153 e. The molecular formula is C21H25BrN4O2. The quantitative estimate of drug-likeness (QED) is 0.568. The number of rotatable bonds is 6. The van der Waals surface area contributed by atoms with Gasteiger partial charge in [0.1, 0.15) is 27.4 Å². The van der Waals surface area contributed by atoms with Gasteiger partial charge in [-0.15, -0.1) is 0 Å². The molecule has 1 fully saturated rings. The van der Waals surface area contributed by atoms with E-state index < -0.39 is 0 Å².